The van der Waals surface area contributed by atoms with Gasteiger partial charge in [0.2, 0.25) is 0 Å². The second-order valence-corrected chi connectivity index (χ2v) is 9.25. The summed E-state index contributed by atoms with van der Waals surface area (Å²) in [6, 6.07) is 6.31. The van der Waals surface area contributed by atoms with Gasteiger partial charge in [0.1, 0.15) is 0 Å². The second kappa shape index (κ2) is 9.11. The second-order valence-electron chi connectivity index (χ2n) is 5.58. The van der Waals surface area contributed by atoms with Crippen molar-refractivity contribution in [2.24, 2.45) is 0 Å². The molecule has 0 radical (unpaired) electrons. The molecule has 2 rings (SSSR count). The number of sulfone groups is 1. The summed E-state index contributed by atoms with van der Waals surface area (Å²) in [6.45, 7) is 0.893. The van der Waals surface area contributed by atoms with Gasteiger partial charge in [0.05, 0.1) is 18.1 Å². The molecule has 0 aliphatic carbocycles. The van der Waals surface area contributed by atoms with E-state index in [2.05, 4.69) is 5.32 Å². The molecule has 0 spiro atoms. The number of ether oxygens (including phenoxy) is 1. The van der Waals surface area contributed by atoms with Crippen molar-refractivity contribution < 1.29 is 21.9 Å². The van der Waals surface area contributed by atoms with Crippen LogP contribution < -0.4 is 5.32 Å². The Balaban J connectivity index is 2.03. The van der Waals surface area contributed by atoms with Crippen molar-refractivity contribution in [1.29, 1.82) is 0 Å². The summed E-state index contributed by atoms with van der Waals surface area (Å²) in [6.07, 6.45) is 0.526. The van der Waals surface area contributed by atoms with Crippen LogP contribution in [-0.4, -0.2) is 62.0 Å². The summed E-state index contributed by atoms with van der Waals surface area (Å²) < 4.78 is 53.3. The molecule has 1 atom stereocenters. The van der Waals surface area contributed by atoms with E-state index in [0.717, 1.165) is 0 Å². The number of rotatable bonds is 7. The molecule has 1 N–H and O–H groups in total. The van der Waals surface area contributed by atoms with Crippen molar-refractivity contribution in [3.63, 3.8) is 0 Å². The molecule has 0 amide bonds. The highest BCUT2D eigenvalue weighted by atomic mass is 32.2. The molecule has 1 fully saturated rings. The number of thioether (sulfide) groups is 1. The quantitative estimate of drug-likeness (QED) is 0.548. The van der Waals surface area contributed by atoms with Gasteiger partial charge in [0, 0.05) is 30.3 Å². The zero-order chi connectivity index (χ0) is 18.4. The molecule has 25 heavy (non-hydrogen) atoms. The summed E-state index contributed by atoms with van der Waals surface area (Å²) in [5, 5.41) is 3.44. The van der Waals surface area contributed by atoms with Crippen LogP contribution in [-0.2, 0) is 14.6 Å². The molecule has 0 aromatic heterocycles. The molecule has 1 saturated heterocycles. The molecule has 1 heterocycles. The number of thiocarbonyl (C=S) groups is 1. The Kier molecular flexibility index (Phi) is 7.41. The molecule has 1 aliphatic rings. The molecular formula is C15H20F2N2O3S3. The van der Waals surface area contributed by atoms with Gasteiger partial charge >= 0.3 is 0 Å². The van der Waals surface area contributed by atoms with Crippen molar-refractivity contribution >= 4 is 44.6 Å². The summed E-state index contributed by atoms with van der Waals surface area (Å²) >= 11 is 5.90. The topological polar surface area (TPSA) is 58.6 Å². The van der Waals surface area contributed by atoms with Crippen LogP contribution in [0.5, 0.6) is 0 Å². The summed E-state index contributed by atoms with van der Waals surface area (Å²) in [4.78, 5) is 2.29. The van der Waals surface area contributed by atoms with E-state index in [4.69, 9.17) is 17.0 Å². The van der Waals surface area contributed by atoms with Gasteiger partial charge in [-0.3, -0.25) is 0 Å². The molecule has 140 valence electrons. The monoisotopic (exact) mass is 410 g/mol. The van der Waals surface area contributed by atoms with E-state index in [1.165, 1.54) is 0 Å². The van der Waals surface area contributed by atoms with Crippen LogP contribution in [0, 0.1) is 0 Å². The number of anilines is 1. The van der Waals surface area contributed by atoms with Gasteiger partial charge in [-0.25, -0.2) is 8.42 Å². The van der Waals surface area contributed by atoms with Crippen molar-refractivity contribution in [1.82, 2.24) is 4.90 Å². The van der Waals surface area contributed by atoms with Crippen LogP contribution in [0.15, 0.2) is 29.2 Å². The highest BCUT2D eigenvalue weighted by Gasteiger charge is 2.33. The predicted octanol–water partition coefficient (Wildman–Crippen LogP) is 2.83. The Hall–Kier alpha value is -0.970. The zero-order valence-corrected chi connectivity index (χ0v) is 16.1. The van der Waals surface area contributed by atoms with Gasteiger partial charge < -0.3 is 15.0 Å². The average molecular weight is 411 g/mol. The number of alkyl halides is 2. The van der Waals surface area contributed by atoms with Crippen LogP contribution in [0.3, 0.4) is 0 Å². The third kappa shape index (κ3) is 6.36. The van der Waals surface area contributed by atoms with Crippen molar-refractivity contribution in [3.8, 4) is 0 Å². The minimum atomic E-state index is -3.03. The minimum Gasteiger partial charge on any atom is -0.383 e. The number of benzene rings is 1. The molecular weight excluding hydrogens is 390 g/mol. The number of nitrogens with zero attached hydrogens (tertiary/aromatic N) is 1. The third-order valence-corrected chi connectivity index (χ3v) is 6.59. The van der Waals surface area contributed by atoms with Gasteiger partial charge in [-0.1, -0.05) is 11.8 Å². The first-order valence-corrected chi connectivity index (χ1v) is 10.7. The maximum absolute atomic E-state index is 12.3. The number of halogens is 2. The van der Waals surface area contributed by atoms with Gasteiger partial charge in [-0.15, -0.1) is 0 Å². The molecule has 1 aromatic carbocycles. The number of hydrogen-bond donors (Lipinski definition) is 1. The van der Waals surface area contributed by atoms with Gasteiger partial charge in [-0.05, 0) is 42.9 Å². The lowest BCUT2D eigenvalue weighted by atomic mass is 10.2. The molecule has 10 heteroatoms. The molecule has 1 aliphatic heterocycles. The Morgan fingerprint density at radius 1 is 1.44 bits per heavy atom. The van der Waals surface area contributed by atoms with E-state index < -0.39 is 15.6 Å². The Morgan fingerprint density at radius 3 is 2.64 bits per heavy atom. The summed E-state index contributed by atoms with van der Waals surface area (Å²) in [7, 11) is -1.46. The number of hydrogen-bond acceptors (Lipinski definition) is 5. The lowest BCUT2D eigenvalue weighted by Gasteiger charge is -2.30. The van der Waals surface area contributed by atoms with Gasteiger partial charge in [0.15, 0.2) is 14.9 Å². The molecule has 0 saturated carbocycles. The van der Waals surface area contributed by atoms with Crippen LogP contribution >= 0.6 is 24.0 Å². The molecule has 0 unspecified atom stereocenters. The third-order valence-electron chi connectivity index (χ3n) is 3.78. The SMILES string of the molecule is COCCN(C(=S)Nc1ccc(SC(F)F)cc1)[C@@H]1CCS(=O)(=O)C1. The first-order chi connectivity index (χ1) is 11.8. The van der Waals surface area contributed by atoms with E-state index in [-0.39, 0.29) is 17.5 Å². The fourth-order valence-corrected chi connectivity index (χ4v) is 5.16. The van der Waals surface area contributed by atoms with Crippen LogP contribution in [0.2, 0.25) is 0 Å². The van der Waals surface area contributed by atoms with Gasteiger partial charge in [-0.2, -0.15) is 8.78 Å². The van der Waals surface area contributed by atoms with Crippen molar-refractivity contribution in [2.75, 3.05) is 37.1 Å². The van der Waals surface area contributed by atoms with Crippen LogP contribution in [0.25, 0.3) is 0 Å². The Morgan fingerprint density at radius 2 is 2.12 bits per heavy atom. The van der Waals surface area contributed by atoms with E-state index in [1.807, 2.05) is 4.90 Å². The lowest BCUT2D eigenvalue weighted by Crippen LogP contribution is -2.45. The highest BCUT2D eigenvalue weighted by molar-refractivity contribution is 7.99. The fraction of sp³-hybridized carbons (Fsp3) is 0.533. The average Bonchev–Trinajstić information content (AvgIpc) is 2.89. The maximum atomic E-state index is 12.3. The summed E-state index contributed by atoms with van der Waals surface area (Å²) in [5.74, 6) is -2.24. The van der Waals surface area contributed by atoms with E-state index in [0.29, 0.717) is 47.0 Å². The first-order valence-electron chi connectivity index (χ1n) is 7.62. The van der Waals surface area contributed by atoms with Crippen LogP contribution in [0.1, 0.15) is 6.42 Å². The molecule has 0 bridgehead atoms. The minimum absolute atomic E-state index is 0.0719. The van der Waals surface area contributed by atoms with E-state index in [1.54, 1.807) is 31.4 Å². The van der Waals surface area contributed by atoms with Crippen molar-refractivity contribution in [3.05, 3.63) is 24.3 Å². The normalized spacial score (nSPS) is 19.1. The first kappa shape index (κ1) is 20.3. The predicted molar refractivity (Wildman–Crippen MR) is 100 cm³/mol. The molecule has 1 aromatic rings. The molecule has 5 nitrogen and oxygen atoms in total. The number of nitrogens with one attached hydrogen (secondary N) is 1. The number of methoxy groups -OCH3 is 1. The summed E-state index contributed by atoms with van der Waals surface area (Å²) in [5.41, 5.74) is 0.659. The van der Waals surface area contributed by atoms with Crippen molar-refractivity contribution in [2.45, 2.75) is 23.1 Å². The maximum Gasteiger partial charge on any atom is 0.288 e. The smallest absolute Gasteiger partial charge is 0.288 e. The van der Waals surface area contributed by atoms with E-state index >= 15 is 0 Å². The largest absolute Gasteiger partial charge is 0.383 e. The fourth-order valence-electron chi connectivity index (χ4n) is 2.58. The standard InChI is InChI=1S/C15H20F2N2O3S3/c1-22-8-7-19(12-6-9-25(20,21)10-12)15(23)18-11-2-4-13(5-3-11)24-14(16)17/h2-5,12,14H,6-10H2,1H3,(H,18,23)/t12-/m1/s1. The Bertz CT molecular complexity index is 684. The van der Waals surface area contributed by atoms with Crippen LogP contribution in [0.4, 0.5) is 14.5 Å². The highest BCUT2D eigenvalue weighted by Crippen LogP contribution is 2.26. The Labute approximate surface area is 156 Å². The zero-order valence-electron chi connectivity index (χ0n) is 13.7. The lowest BCUT2D eigenvalue weighted by molar-refractivity contribution is 0.166. The van der Waals surface area contributed by atoms with E-state index in [9.17, 15) is 17.2 Å². The van der Waals surface area contributed by atoms with Gasteiger partial charge in [0.25, 0.3) is 5.76 Å².